The summed E-state index contributed by atoms with van der Waals surface area (Å²) < 4.78 is 11.8. The summed E-state index contributed by atoms with van der Waals surface area (Å²) in [6, 6.07) is 7.38. The Kier molecular flexibility index (Phi) is 5.98. The molecule has 1 saturated carbocycles. The molecule has 1 saturated heterocycles. The van der Waals surface area contributed by atoms with Crippen LogP contribution in [-0.2, 0) is 19.1 Å². The van der Waals surface area contributed by atoms with Gasteiger partial charge in [-0.3, -0.25) is 9.59 Å². The van der Waals surface area contributed by atoms with Crippen LogP contribution in [0.5, 0.6) is 0 Å². The van der Waals surface area contributed by atoms with E-state index in [2.05, 4.69) is 10.6 Å². The van der Waals surface area contributed by atoms with E-state index < -0.39 is 17.6 Å². The number of nitrogens with one attached hydrogen (secondary N) is 2. The van der Waals surface area contributed by atoms with E-state index in [1.54, 1.807) is 6.07 Å². The minimum atomic E-state index is -0.673. The molecule has 1 heterocycles. The number of anilines is 1. The predicted molar refractivity (Wildman–Crippen MR) is 96.5 cm³/mol. The SMILES string of the molecule is CSc1ccccc1NC(=O)C(=O)NC[C@@H]1COC2(CCCCC2)O1. The second kappa shape index (κ2) is 8.21. The van der Waals surface area contributed by atoms with Crippen LogP contribution < -0.4 is 10.6 Å². The molecule has 2 N–H and O–H groups in total. The lowest BCUT2D eigenvalue weighted by atomic mass is 9.94. The van der Waals surface area contributed by atoms with Gasteiger partial charge in [0.25, 0.3) is 0 Å². The summed E-state index contributed by atoms with van der Waals surface area (Å²) in [6.45, 7) is 0.732. The molecule has 25 heavy (non-hydrogen) atoms. The maximum Gasteiger partial charge on any atom is 0.313 e. The third-order valence-electron chi connectivity index (χ3n) is 4.58. The van der Waals surface area contributed by atoms with Crippen LogP contribution >= 0.6 is 11.8 Å². The number of para-hydroxylation sites is 1. The molecule has 7 heteroatoms. The van der Waals surface area contributed by atoms with Crippen LogP contribution in [0.25, 0.3) is 0 Å². The highest BCUT2D eigenvalue weighted by Crippen LogP contribution is 2.37. The molecule has 0 bridgehead atoms. The summed E-state index contributed by atoms with van der Waals surface area (Å²) in [6.07, 6.45) is 6.96. The van der Waals surface area contributed by atoms with Crippen molar-refractivity contribution in [2.75, 3.05) is 24.7 Å². The van der Waals surface area contributed by atoms with Crippen molar-refractivity contribution in [1.82, 2.24) is 5.32 Å². The number of carbonyl (C=O) groups excluding carboxylic acids is 2. The molecule has 1 aliphatic heterocycles. The van der Waals surface area contributed by atoms with E-state index in [1.165, 1.54) is 18.2 Å². The van der Waals surface area contributed by atoms with Gasteiger partial charge in [-0.05, 0) is 31.2 Å². The monoisotopic (exact) mass is 364 g/mol. The fourth-order valence-corrected chi connectivity index (χ4v) is 3.84. The maximum atomic E-state index is 12.1. The van der Waals surface area contributed by atoms with Crippen molar-refractivity contribution in [2.45, 2.75) is 48.9 Å². The average Bonchev–Trinajstić information content (AvgIpc) is 3.03. The van der Waals surface area contributed by atoms with Gasteiger partial charge in [0.15, 0.2) is 5.79 Å². The third kappa shape index (κ3) is 4.54. The molecule has 2 fully saturated rings. The van der Waals surface area contributed by atoms with Gasteiger partial charge in [0.05, 0.1) is 12.3 Å². The quantitative estimate of drug-likeness (QED) is 0.634. The molecule has 3 rings (SSSR count). The molecule has 1 spiro atoms. The molecule has 0 unspecified atom stereocenters. The molecule has 1 aliphatic carbocycles. The molecule has 6 nitrogen and oxygen atoms in total. The second-order valence-electron chi connectivity index (χ2n) is 6.39. The smallest absolute Gasteiger partial charge is 0.313 e. The third-order valence-corrected chi connectivity index (χ3v) is 5.38. The molecule has 0 aromatic heterocycles. The maximum absolute atomic E-state index is 12.1. The summed E-state index contributed by atoms with van der Waals surface area (Å²) in [5.41, 5.74) is 0.636. The molecule has 1 aromatic carbocycles. The van der Waals surface area contributed by atoms with Crippen LogP contribution in [0, 0.1) is 0 Å². The van der Waals surface area contributed by atoms with Crippen LogP contribution in [0.15, 0.2) is 29.2 Å². The minimum Gasteiger partial charge on any atom is -0.347 e. The van der Waals surface area contributed by atoms with E-state index >= 15 is 0 Å². The molecular weight excluding hydrogens is 340 g/mol. The summed E-state index contributed by atoms with van der Waals surface area (Å²) >= 11 is 1.51. The van der Waals surface area contributed by atoms with Crippen molar-refractivity contribution < 1.29 is 19.1 Å². The largest absolute Gasteiger partial charge is 0.347 e. The Hall–Kier alpha value is -1.57. The van der Waals surface area contributed by atoms with E-state index in [0.717, 1.165) is 30.6 Å². The van der Waals surface area contributed by atoms with Gasteiger partial charge in [-0.15, -0.1) is 11.8 Å². The normalized spacial score (nSPS) is 21.9. The van der Waals surface area contributed by atoms with E-state index in [9.17, 15) is 9.59 Å². The Labute approximate surface area is 152 Å². The Morgan fingerprint density at radius 2 is 1.96 bits per heavy atom. The Morgan fingerprint density at radius 3 is 2.72 bits per heavy atom. The van der Waals surface area contributed by atoms with Gasteiger partial charge in [0.1, 0.15) is 6.10 Å². The van der Waals surface area contributed by atoms with E-state index in [0.29, 0.717) is 12.3 Å². The Bertz CT molecular complexity index is 631. The van der Waals surface area contributed by atoms with E-state index in [-0.39, 0.29) is 12.6 Å². The van der Waals surface area contributed by atoms with Crippen LogP contribution in [0.3, 0.4) is 0 Å². The lowest BCUT2D eigenvalue weighted by Crippen LogP contribution is -2.41. The lowest BCUT2D eigenvalue weighted by molar-refractivity contribution is -0.186. The topological polar surface area (TPSA) is 76.7 Å². The van der Waals surface area contributed by atoms with Crippen molar-refractivity contribution in [3.8, 4) is 0 Å². The summed E-state index contributed by atoms with van der Waals surface area (Å²) in [4.78, 5) is 25.0. The van der Waals surface area contributed by atoms with Crippen LogP contribution in [-0.4, -0.2) is 43.1 Å². The first-order valence-corrected chi connectivity index (χ1v) is 9.88. The first kappa shape index (κ1) is 18.2. The number of benzene rings is 1. The van der Waals surface area contributed by atoms with Gasteiger partial charge in [0, 0.05) is 24.3 Å². The summed E-state index contributed by atoms with van der Waals surface area (Å²) in [7, 11) is 0. The van der Waals surface area contributed by atoms with Crippen molar-refractivity contribution in [3.63, 3.8) is 0 Å². The molecular formula is C18H24N2O4S. The Balaban J connectivity index is 1.47. The van der Waals surface area contributed by atoms with Gasteiger partial charge < -0.3 is 20.1 Å². The zero-order valence-electron chi connectivity index (χ0n) is 14.4. The lowest BCUT2D eigenvalue weighted by Gasteiger charge is -2.31. The molecule has 136 valence electrons. The fraction of sp³-hybridized carbons (Fsp3) is 0.556. The summed E-state index contributed by atoms with van der Waals surface area (Å²) in [5.74, 6) is -1.80. The Morgan fingerprint density at radius 1 is 1.20 bits per heavy atom. The fourth-order valence-electron chi connectivity index (χ4n) is 3.28. The van der Waals surface area contributed by atoms with Gasteiger partial charge >= 0.3 is 11.8 Å². The highest BCUT2D eigenvalue weighted by atomic mass is 32.2. The van der Waals surface area contributed by atoms with Crippen LogP contribution in [0.1, 0.15) is 32.1 Å². The highest BCUT2D eigenvalue weighted by molar-refractivity contribution is 7.98. The van der Waals surface area contributed by atoms with Crippen molar-refractivity contribution in [2.24, 2.45) is 0 Å². The van der Waals surface area contributed by atoms with E-state index in [4.69, 9.17) is 9.47 Å². The highest BCUT2D eigenvalue weighted by Gasteiger charge is 2.42. The molecule has 0 radical (unpaired) electrons. The van der Waals surface area contributed by atoms with Crippen molar-refractivity contribution >= 4 is 29.3 Å². The number of hydrogen-bond donors (Lipinski definition) is 2. The van der Waals surface area contributed by atoms with Crippen molar-refractivity contribution in [1.29, 1.82) is 0 Å². The standard InChI is InChI=1S/C18H24N2O4S/c1-25-15-8-4-3-7-14(15)20-17(22)16(21)19-11-13-12-23-18(24-13)9-5-2-6-10-18/h3-4,7-8,13H,2,5-6,9-12H2,1H3,(H,19,21)(H,20,22)/t13-/m1/s1. The number of hydrogen-bond acceptors (Lipinski definition) is 5. The number of ether oxygens (including phenoxy) is 2. The first-order chi connectivity index (χ1) is 12.1. The van der Waals surface area contributed by atoms with Crippen LogP contribution in [0.2, 0.25) is 0 Å². The molecule has 1 aromatic rings. The molecule has 2 amide bonds. The molecule has 1 atom stereocenters. The minimum absolute atomic E-state index is 0.201. The zero-order chi connectivity index (χ0) is 17.7. The molecule has 2 aliphatic rings. The van der Waals surface area contributed by atoms with Gasteiger partial charge in [-0.1, -0.05) is 18.6 Å². The van der Waals surface area contributed by atoms with Crippen molar-refractivity contribution in [3.05, 3.63) is 24.3 Å². The zero-order valence-corrected chi connectivity index (χ0v) is 15.2. The average molecular weight is 364 g/mol. The van der Waals surface area contributed by atoms with Gasteiger partial charge in [-0.25, -0.2) is 0 Å². The van der Waals surface area contributed by atoms with Gasteiger partial charge in [-0.2, -0.15) is 0 Å². The number of rotatable bonds is 4. The van der Waals surface area contributed by atoms with Gasteiger partial charge in [0.2, 0.25) is 0 Å². The number of amides is 2. The first-order valence-electron chi connectivity index (χ1n) is 8.66. The predicted octanol–water partition coefficient (Wildman–Crippen LogP) is 2.54. The second-order valence-corrected chi connectivity index (χ2v) is 7.23. The summed E-state index contributed by atoms with van der Waals surface area (Å²) in [5, 5.41) is 5.29. The number of thioether (sulfide) groups is 1. The van der Waals surface area contributed by atoms with E-state index in [1.807, 2.05) is 24.5 Å². The number of carbonyl (C=O) groups is 2. The van der Waals surface area contributed by atoms with Crippen LogP contribution in [0.4, 0.5) is 5.69 Å².